The van der Waals surface area contributed by atoms with Crippen LogP contribution in [0, 0.1) is 0 Å². The molecule has 0 aliphatic rings. The predicted molar refractivity (Wildman–Crippen MR) is 65.2 cm³/mol. The van der Waals surface area contributed by atoms with E-state index < -0.39 is 6.10 Å². The molecule has 0 aliphatic heterocycles. The van der Waals surface area contributed by atoms with Gasteiger partial charge in [-0.05, 0) is 24.3 Å². The van der Waals surface area contributed by atoms with E-state index >= 15 is 0 Å². The molecule has 2 aromatic rings. The molecular weight excluding hydrogens is 240 g/mol. The van der Waals surface area contributed by atoms with Gasteiger partial charge in [-0.3, -0.25) is 0 Å². The number of hydrogen-bond donors (Lipinski definition) is 1. The number of halogens is 1. The van der Waals surface area contributed by atoms with Gasteiger partial charge in [0.1, 0.15) is 18.5 Å². The maximum atomic E-state index is 9.74. The lowest BCUT2D eigenvalue weighted by Gasteiger charge is -2.12. The number of hydrogen-bond acceptors (Lipinski definition) is 3. The van der Waals surface area contributed by atoms with Crippen molar-refractivity contribution in [3.05, 3.63) is 48.0 Å². The first kappa shape index (κ1) is 12.0. The molecule has 1 aromatic carbocycles. The van der Waals surface area contributed by atoms with Crippen molar-refractivity contribution in [2.24, 2.45) is 0 Å². The smallest absolute Gasteiger partial charge is 0.119 e. The van der Waals surface area contributed by atoms with Crippen molar-refractivity contribution < 1.29 is 9.84 Å². The molecule has 0 saturated carbocycles. The average molecular weight is 253 g/mol. The second-order valence-electron chi connectivity index (χ2n) is 3.68. The van der Waals surface area contributed by atoms with E-state index in [4.69, 9.17) is 16.3 Å². The van der Waals surface area contributed by atoms with Crippen LogP contribution in [0.4, 0.5) is 0 Å². The molecule has 0 amide bonds. The molecule has 0 fully saturated rings. The number of nitrogens with zero attached hydrogens (tertiary/aromatic N) is 2. The van der Waals surface area contributed by atoms with Crippen LogP contribution in [0.1, 0.15) is 0 Å². The predicted octanol–water partition coefficient (Wildman–Crippen LogP) is 1.98. The van der Waals surface area contributed by atoms with Crippen molar-refractivity contribution in [3.8, 4) is 5.75 Å². The molecule has 0 saturated heterocycles. The van der Waals surface area contributed by atoms with Gasteiger partial charge in [-0.15, -0.1) is 0 Å². The van der Waals surface area contributed by atoms with Gasteiger partial charge in [-0.1, -0.05) is 11.6 Å². The van der Waals surface area contributed by atoms with Crippen molar-refractivity contribution in [1.29, 1.82) is 0 Å². The monoisotopic (exact) mass is 252 g/mol. The van der Waals surface area contributed by atoms with Gasteiger partial charge in [-0.25, -0.2) is 4.98 Å². The molecule has 0 unspecified atom stereocenters. The molecule has 2 rings (SSSR count). The van der Waals surface area contributed by atoms with Crippen LogP contribution in [0.3, 0.4) is 0 Å². The largest absolute Gasteiger partial charge is 0.491 e. The molecule has 17 heavy (non-hydrogen) atoms. The zero-order chi connectivity index (χ0) is 12.1. The Balaban J connectivity index is 1.79. The standard InChI is InChI=1S/C12H13ClN2O2/c13-10-1-3-12(4-2-10)17-8-11(16)7-15-6-5-14-9-15/h1-6,9,11,16H,7-8H2/t11-/m1/s1. The van der Waals surface area contributed by atoms with Gasteiger partial charge in [0, 0.05) is 17.4 Å². The number of aliphatic hydroxyl groups excluding tert-OH is 1. The first-order valence-corrected chi connectivity index (χ1v) is 5.64. The Morgan fingerprint density at radius 3 is 2.76 bits per heavy atom. The van der Waals surface area contributed by atoms with E-state index in [0.717, 1.165) is 0 Å². The third-order valence-corrected chi connectivity index (χ3v) is 2.49. The van der Waals surface area contributed by atoms with Crippen LogP contribution in [0.2, 0.25) is 5.02 Å². The first-order valence-electron chi connectivity index (χ1n) is 5.26. The number of rotatable bonds is 5. The molecule has 5 heteroatoms. The van der Waals surface area contributed by atoms with Gasteiger partial charge >= 0.3 is 0 Å². The Morgan fingerprint density at radius 2 is 2.12 bits per heavy atom. The molecule has 0 aliphatic carbocycles. The van der Waals surface area contributed by atoms with Gasteiger partial charge in [0.15, 0.2) is 0 Å². The highest BCUT2D eigenvalue weighted by Crippen LogP contribution is 2.15. The van der Waals surface area contributed by atoms with Crippen LogP contribution in [0.5, 0.6) is 5.75 Å². The number of ether oxygens (including phenoxy) is 1. The topological polar surface area (TPSA) is 47.3 Å². The summed E-state index contributed by atoms with van der Waals surface area (Å²) in [5, 5.41) is 10.4. The molecule has 4 nitrogen and oxygen atoms in total. The maximum absolute atomic E-state index is 9.74. The summed E-state index contributed by atoms with van der Waals surface area (Å²) in [5.41, 5.74) is 0. The highest BCUT2D eigenvalue weighted by atomic mass is 35.5. The van der Waals surface area contributed by atoms with Crippen molar-refractivity contribution in [2.75, 3.05) is 6.61 Å². The van der Waals surface area contributed by atoms with Crippen molar-refractivity contribution >= 4 is 11.6 Å². The normalized spacial score (nSPS) is 12.4. The summed E-state index contributed by atoms with van der Waals surface area (Å²) in [5.74, 6) is 0.694. The Bertz CT molecular complexity index is 442. The third kappa shape index (κ3) is 3.76. The second-order valence-corrected chi connectivity index (χ2v) is 4.11. The summed E-state index contributed by atoms with van der Waals surface area (Å²) in [7, 11) is 0. The lowest BCUT2D eigenvalue weighted by atomic mass is 10.3. The summed E-state index contributed by atoms with van der Waals surface area (Å²) in [6.07, 6.45) is 4.56. The number of benzene rings is 1. The van der Waals surface area contributed by atoms with E-state index in [1.165, 1.54) is 0 Å². The fourth-order valence-corrected chi connectivity index (χ4v) is 1.54. The summed E-state index contributed by atoms with van der Waals surface area (Å²) in [4.78, 5) is 3.90. The van der Waals surface area contributed by atoms with E-state index in [1.807, 2.05) is 0 Å². The SMILES string of the molecule is O[C@@H](COc1ccc(Cl)cc1)Cn1ccnc1. The minimum atomic E-state index is -0.570. The molecular formula is C12H13ClN2O2. The van der Waals surface area contributed by atoms with E-state index in [-0.39, 0.29) is 6.61 Å². The number of imidazole rings is 1. The van der Waals surface area contributed by atoms with E-state index in [2.05, 4.69) is 4.98 Å². The minimum Gasteiger partial charge on any atom is -0.491 e. The highest BCUT2D eigenvalue weighted by Gasteiger charge is 2.05. The zero-order valence-electron chi connectivity index (χ0n) is 9.16. The molecule has 1 aromatic heterocycles. The zero-order valence-corrected chi connectivity index (χ0v) is 9.92. The summed E-state index contributed by atoms with van der Waals surface area (Å²) >= 11 is 5.75. The van der Waals surface area contributed by atoms with Crippen LogP contribution in [-0.4, -0.2) is 27.4 Å². The van der Waals surface area contributed by atoms with Gasteiger partial charge in [-0.2, -0.15) is 0 Å². The molecule has 0 bridgehead atoms. The first-order chi connectivity index (χ1) is 8.24. The van der Waals surface area contributed by atoms with E-state index in [9.17, 15) is 5.11 Å². The summed E-state index contributed by atoms with van der Waals surface area (Å²) in [6, 6.07) is 7.04. The molecule has 1 atom stereocenters. The lowest BCUT2D eigenvalue weighted by molar-refractivity contribution is 0.0925. The Kier molecular flexibility index (Phi) is 4.01. The minimum absolute atomic E-state index is 0.236. The van der Waals surface area contributed by atoms with Gasteiger partial charge < -0.3 is 14.4 Å². The van der Waals surface area contributed by atoms with Crippen molar-refractivity contribution in [3.63, 3.8) is 0 Å². The van der Waals surface area contributed by atoms with E-state index in [1.54, 1.807) is 47.6 Å². The Hall–Kier alpha value is -1.52. The quantitative estimate of drug-likeness (QED) is 0.885. The molecule has 1 heterocycles. The third-order valence-electron chi connectivity index (χ3n) is 2.24. The maximum Gasteiger partial charge on any atom is 0.119 e. The number of aliphatic hydroxyl groups is 1. The van der Waals surface area contributed by atoms with E-state index in [0.29, 0.717) is 17.3 Å². The molecule has 0 radical (unpaired) electrons. The van der Waals surface area contributed by atoms with Gasteiger partial charge in [0.25, 0.3) is 0 Å². The van der Waals surface area contributed by atoms with Crippen LogP contribution in [0.25, 0.3) is 0 Å². The molecule has 1 N–H and O–H groups in total. The van der Waals surface area contributed by atoms with Crippen LogP contribution in [0.15, 0.2) is 43.0 Å². The van der Waals surface area contributed by atoms with Crippen LogP contribution >= 0.6 is 11.6 Å². The fourth-order valence-electron chi connectivity index (χ4n) is 1.41. The molecule has 90 valence electrons. The second kappa shape index (κ2) is 5.70. The summed E-state index contributed by atoms with van der Waals surface area (Å²) < 4.78 is 7.23. The van der Waals surface area contributed by atoms with Crippen molar-refractivity contribution in [2.45, 2.75) is 12.6 Å². The summed E-state index contributed by atoms with van der Waals surface area (Å²) in [6.45, 7) is 0.702. The van der Waals surface area contributed by atoms with Gasteiger partial charge in [0.05, 0.1) is 12.9 Å². The van der Waals surface area contributed by atoms with Gasteiger partial charge in [0.2, 0.25) is 0 Å². The Labute approximate surface area is 104 Å². The highest BCUT2D eigenvalue weighted by molar-refractivity contribution is 6.30. The fraction of sp³-hybridized carbons (Fsp3) is 0.250. The lowest BCUT2D eigenvalue weighted by Crippen LogP contribution is -2.22. The van der Waals surface area contributed by atoms with Crippen LogP contribution in [-0.2, 0) is 6.54 Å². The molecule has 0 spiro atoms. The average Bonchev–Trinajstić information content (AvgIpc) is 2.81. The Morgan fingerprint density at radius 1 is 1.35 bits per heavy atom. The van der Waals surface area contributed by atoms with Crippen molar-refractivity contribution in [1.82, 2.24) is 9.55 Å². The number of aromatic nitrogens is 2. The van der Waals surface area contributed by atoms with Crippen LogP contribution < -0.4 is 4.74 Å².